The van der Waals surface area contributed by atoms with Gasteiger partial charge in [-0.1, -0.05) is 11.3 Å². The predicted molar refractivity (Wildman–Crippen MR) is 96.0 cm³/mol. The molecule has 0 bridgehead atoms. The van der Waals surface area contributed by atoms with Crippen LogP contribution in [-0.4, -0.2) is 50.3 Å². The van der Waals surface area contributed by atoms with Crippen LogP contribution in [0.5, 0.6) is 0 Å². The highest BCUT2D eigenvalue weighted by Crippen LogP contribution is 2.21. The van der Waals surface area contributed by atoms with Gasteiger partial charge < -0.3 is 10.2 Å². The third-order valence-electron chi connectivity index (χ3n) is 4.39. The number of hydrogen-bond donors (Lipinski definition) is 1. The lowest BCUT2D eigenvalue weighted by Crippen LogP contribution is -2.44. The molecule has 138 valence electrons. The molecule has 25 heavy (non-hydrogen) atoms. The first-order chi connectivity index (χ1) is 12.0. The van der Waals surface area contributed by atoms with E-state index in [0.717, 1.165) is 38.6 Å². The van der Waals surface area contributed by atoms with Gasteiger partial charge in [0.15, 0.2) is 5.69 Å². The van der Waals surface area contributed by atoms with E-state index in [1.165, 1.54) is 0 Å². The molecule has 1 saturated heterocycles. The average molecular weight is 347 g/mol. The van der Waals surface area contributed by atoms with E-state index < -0.39 is 0 Å². The molecule has 0 spiro atoms. The van der Waals surface area contributed by atoms with Crippen molar-refractivity contribution in [1.82, 2.24) is 25.2 Å². The molecule has 0 saturated carbocycles. The first kappa shape index (κ1) is 19.1. The molecule has 2 amide bonds. The minimum absolute atomic E-state index is 0.0648. The van der Waals surface area contributed by atoms with Crippen LogP contribution in [0, 0.1) is 0 Å². The number of aryl methyl sites for hydroxylation is 1. The maximum absolute atomic E-state index is 12.4. The zero-order valence-corrected chi connectivity index (χ0v) is 15.3. The Hall–Kier alpha value is -2.18. The standard InChI is InChI=1S/C18H29N5O2/c1-4-5-9-17(24)23-11-7-6-8-15(23)10-12-22-13-16(20-21-22)18(25)19-14(2)3/h4,13-15H,1,5-12H2,2-3H3,(H,19,25). The predicted octanol–water partition coefficient (Wildman–Crippen LogP) is 2.15. The summed E-state index contributed by atoms with van der Waals surface area (Å²) >= 11 is 0. The highest BCUT2D eigenvalue weighted by molar-refractivity contribution is 5.91. The summed E-state index contributed by atoms with van der Waals surface area (Å²) in [5, 5.41) is 10.8. The van der Waals surface area contributed by atoms with Gasteiger partial charge in [0.2, 0.25) is 5.91 Å². The summed E-state index contributed by atoms with van der Waals surface area (Å²) in [6, 6.07) is 0.304. The number of piperidine rings is 1. The Bertz CT molecular complexity index is 596. The zero-order valence-electron chi connectivity index (χ0n) is 15.3. The number of carbonyl (C=O) groups excluding carboxylic acids is 2. The van der Waals surface area contributed by atoms with Crippen LogP contribution in [0.3, 0.4) is 0 Å². The van der Waals surface area contributed by atoms with E-state index in [2.05, 4.69) is 22.2 Å². The van der Waals surface area contributed by atoms with Crippen molar-refractivity contribution in [3.63, 3.8) is 0 Å². The van der Waals surface area contributed by atoms with E-state index in [4.69, 9.17) is 0 Å². The number of aromatic nitrogens is 3. The molecule has 1 aromatic heterocycles. The molecule has 2 heterocycles. The number of likely N-dealkylation sites (tertiary alicyclic amines) is 1. The smallest absolute Gasteiger partial charge is 0.273 e. The topological polar surface area (TPSA) is 80.1 Å². The fourth-order valence-corrected chi connectivity index (χ4v) is 3.13. The van der Waals surface area contributed by atoms with Gasteiger partial charge in [0.1, 0.15) is 0 Å². The molecule has 2 rings (SSSR count). The summed E-state index contributed by atoms with van der Waals surface area (Å²) in [5.74, 6) is 0.000311. The second-order valence-corrected chi connectivity index (χ2v) is 6.85. The van der Waals surface area contributed by atoms with E-state index in [0.29, 0.717) is 18.7 Å². The van der Waals surface area contributed by atoms with Crippen LogP contribution in [0.25, 0.3) is 0 Å². The minimum atomic E-state index is -0.208. The molecular formula is C18H29N5O2. The van der Waals surface area contributed by atoms with Crippen LogP contribution in [-0.2, 0) is 11.3 Å². The van der Waals surface area contributed by atoms with Crippen molar-refractivity contribution in [1.29, 1.82) is 0 Å². The highest BCUT2D eigenvalue weighted by Gasteiger charge is 2.26. The SMILES string of the molecule is C=CCCC(=O)N1CCCCC1CCn1cc(C(=O)NC(C)C)nn1. The molecule has 1 aliphatic rings. The van der Waals surface area contributed by atoms with Crippen LogP contribution in [0.4, 0.5) is 0 Å². The van der Waals surface area contributed by atoms with Crippen molar-refractivity contribution in [2.75, 3.05) is 6.54 Å². The number of carbonyl (C=O) groups is 2. The number of rotatable bonds is 8. The maximum atomic E-state index is 12.4. The van der Waals surface area contributed by atoms with Crippen molar-refractivity contribution < 1.29 is 9.59 Å². The summed E-state index contributed by atoms with van der Waals surface area (Å²) in [4.78, 5) is 26.3. The van der Waals surface area contributed by atoms with Gasteiger partial charge in [-0.3, -0.25) is 14.3 Å². The van der Waals surface area contributed by atoms with Gasteiger partial charge in [-0.15, -0.1) is 11.7 Å². The van der Waals surface area contributed by atoms with E-state index in [1.54, 1.807) is 17.0 Å². The van der Waals surface area contributed by atoms with Gasteiger partial charge >= 0.3 is 0 Å². The van der Waals surface area contributed by atoms with Crippen LogP contribution < -0.4 is 5.32 Å². The Morgan fingerprint density at radius 3 is 2.96 bits per heavy atom. The molecule has 1 N–H and O–H groups in total. The molecule has 1 fully saturated rings. The Labute approximate surface area is 149 Å². The second-order valence-electron chi connectivity index (χ2n) is 6.85. The number of hydrogen-bond acceptors (Lipinski definition) is 4. The number of nitrogens with zero attached hydrogens (tertiary/aromatic N) is 4. The van der Waals surface area contributed by atoms with Gasteiger partial charge in [0.05, 0.1) is 6.20 Å². The normalized spacial score (nSPS) is 17.6. The average Bonchev–Trinajstić information content (AvgIpc) is 3.06. The first-order valence-electron chi connectivity index (χ1n) is 9.12. The first-order valence-corrected chi connectivity index (χ1v) is 9.12. The maximum Gasteiger partial charge on any atom is 0.273 e. The summed E-state index contributed by atoms with van der Waals surface area (Å²) in [6.07, 6.45) is 8.78. The third-order valence-corrected chi connectivity index (χ3v) is 4.39. The second kappa shape index (κ2) is 9.34. The molecule has 0 radical (unpaired) electrons. The van der Waals surface area contributed by atoms with E-state index in [1.807, 2.05) is 18.7 Å². The highest BCUT2D eigenvalue weighted by atomic mass is 16.2. The lowest BCUT2D eigenvalue weighted by Gasteiger charge is -2.36. The fraction of sp³-hybridized carbons (Fsp3) is 0.667. The summed E-state index contributed by atoms with van der Waals surface area (Å²) in [7, 11) is 0. The lowest BCUT2D eigenvalue weighted by molar-refractivity contribution is -0.135. The van der Waals surface area contributed by atoms with Crippen molar-refractivity contribution in [2.45, 2.75) is 71.0 Å². The Morgan fingerprint density at radius 2 is 2.24 bits per heavy atom. The van der Waals surface area contributed by atoms with Crippen LogP contribution in [0.2, 0.25) is 0 Å². The molecule has 7 nitrogen and oxygen atoms in total. The number of allylic oxidation sites excluding steroid dienone is 1. The van der Waals surface area contributed by atoms with Crippen molar-refractivity contribution >= 4 is 11.8 Å². The summed E-state index contributed by atoms with van der Waals surface area (Å²) < 4.78 is 1.69. The zero-order chi connectivity index (χ0) is 18.2. The van der Waals surface area contributed by atoms with E-state index in [9.17, 15) is 9.59 Å². The Kier molecular flexibility index (Phi) is 7.16. The van der Waals surface area contributed by atoms with Crippen molar-refractivity contribution in [2.24, 2.45) is 0 Å². The molecule has 1 atom stereocenters. The Balaban J connectivity index is 1.90. The summed E-state index contributed by atoms with van der Waals surface area (Å²) in [6.45, 7) is 8.98. The van der Waals surface area contributed by atoms with E-state index >= 15 is 0 Å². The van der Waals surface area contributed by atoms with E-state index in [-0.39, 0.29) is 23.9 Å². The van der Waals surface area contributed by atoms with Gasteiger partial charge in [-0.25, -0.2) is 0 Å². The van der Waals surface area contributed by atoms with Gasteiger partial charge in [0.25, 0.3) is 5.91 Å². The van der Waals surface area contributed by atoms with Crippen molar-refractivity contribution in [3.05, 3.63) is 24.5 Å². The molecule has 7 heteroatoms. The lowest BCUT2D eigenvalue weighted by atomic mass is 9.98. The largest absolute Gasteiger partial charge is 0.348 e. The van der Waals surface area contributed by atoms with Crippen molar-refractivity contribution in [3.8, 4) is 0 Å². The van der Waals surface area contributed by atoms with Crippen LogP contribution >= 0.6 is 0 Å². The number of amides is 2. The molecule has 0 aromatic carbocycles. The van der Waals surface area contributed by atoms with Gasteiger partial charge in [-0.05, 0) is 46.0 Å². The molecule has 1 unspecified atom stereocenters. The summed E-state index contributed by atoms with van der Waals surface area (Å²) in [5.41, 5.74) is 0.330. The van der Waals surface area contributed by atoms with Gasteiger partial charge in [0, 0.05) is 31.6 Å². The minimum Gasteiger partial charge on any atom is -0.348 e. The Morgan fingerprint density at radius 1 is 1.44 bits per heavy atom. The number of nitrogens with one attached hydrogen (secondary N) is 1. The molecular weight excluding hydrogens is 318 g/mol. The quantitative estimate of drug-likeness (QED) is 0.731. The fourth-order valence-electron chi connectivity index (χ4n) is 3.13. The van der Waals surface area contributed by atoms with Gasteiger partial charge in [-0.2, -0.15) is 0 Å². The third kappa shape index (κ3) is 5.69. The molecule has 1 aromatic rings. The van der Waals surface area contributed by atoms with Crippen LogP contribution in [0.1, 0.15) is 62.9 Å². The van der Waals surface area contributed by atoms with Crippen LogP contribution in [0.15, 0.2) is 18.9 Å². The molecule has 1 aliphatic heterocycles. The molecule has 0 aliphatic carbocycles. The monoisotopic (exact) mass is 347 g/mol.